The Morgan fingerprint density at radius 3 is 3.12 bits per heavy atom. The summed E-state index contributed by atoms with van der Waals surface area (Å²) in [5.74, 6) is -0.335. The predicted octanol–water partition coefficient (Wildman–Crippen LogP) is 2.96. The summed E-state index contributed by atoms with van der Waals surface area (Å²) >= 11 is 5.81. The summed E-state index contributed by atoms with van der Waals surface area (Å²) in [7, 11) is 0. The normalized spacial score (nSPS) is 20.5. The Hall–Kier alpha value is -0.710. The number of hydrogen-bond acceptors (Lipinski definition) is 3. The van der Waals surface area contributed by atoms with Gasteiger partial charge in [0.15, 0.2) is 6.29 Å². The molecule has 2 rings (SSSR count). The van der Waals surface area contributed by atoms with Crippen LogP contribution < -0.4 is 0 Å². The van der Waals surface area contributed by atoms with Gasteiger partial charge in [-0.1, -0.05) is 11.6 Å². The summed E-state index contributed by atoms with van der Waals surface area (Å²) in [5, 5.41) is 0.207. The Morgan fingerprint density at radius 1 is 1.53 bits per heavy atom. The average molecular weight is 260 g/mol. The monoisotopic (exact) mass is 259 g/mol. The van der Waals surface area contributed by atoms with Crippen LogP contribution in [0.25, 0.3) is 0 Å². The third-order valence-electron chi connectivity index (χ3n) is 2.74. The van der Waals surface area contributed by atoms with Gasteiger partial charge in [0.05, 0.1) is 6.61 Å². The molecule has 0 aliphatic carbocycles. The molecule has 1 unspecified atom stereocenters. The molecule has 0 aromatic carbocycles. The molecule has 1 aliphatic heterocycles. The van der Waals surface area contributed by atoms with Gasteiger partial charge in [0.2, 0.25) is 0 Å². The van der Waals surface area contributed by atoms with Crippen LogP contribution >= 0.6 is 11.6 Å². The SMILES string of the molecule is Fc1ccnc(Cl)c1CCOC1CCCCO1. The molecule has 0 spiro atoms. The Bertz CT molecular complexity index is 349. The van der Waals surface area contributed by atoms with Crippen molar-refractivity contribution >= 4 is 11.6 Å². The minimum absolute atomic E-state index is 0.151. The van der Waals surface area contributed by atoms with Crippen molar-refractivity contribution in [1.82, 2.24) is 4.98 Å². The number of hydrogen-bond donors (Lipinski definition) is 0. The van der Waals surface area contributed by atoms with Gasteiger partial charge in [-0.2, -0.15) is 0 Å². The van der Waals surface area contributed by atoms with Gasteiger partial charge in [-0.25, -0.2) is 9.37 Å². The first-order valence-corrected chi connectivity index (χ1v) is 6.17. The maximum Gasteiger partial charge on any atom is 0.157 e. The summed E-state index contributed by atoms with van der Waals surface area (Å²) in [6.07, 6.45) is 4.73. The van der Waals surface area contributed by atoms with Crippen molar-refractivity contribution in [3.63, 3.8) is 0 Å². The molecule has 0 radical (unpaired) electrons. The molecule has 1 aromatic rings. The fourth-order valence-corrected chi connectivity index (χ4v) is 2.04. The number of pyridine rings is 1. The number of halogens is 2. The molecular weight excluding hydrogens is 245 g/mol. The van der Waals surface area contributed by atoms with E-state index in [1.54, 1.807) is 0 Å². The van der Waals surface area contributed by atoms with Crippen LogP contribution in [-0.4, -0.2) is 24.5 Å². The van der Waals surface area contributed by atoms with Gasteiger partial charge < -0.3 is 9.47 Å². The van der Waals surface area contributed by atoms with Crippen LogP contribution in [0.4, 0.5) is 4.39 Å². The van der Waals surface area contributed by atoms with Gasteiger partial charge in [-0.15, -0.1) is 0 Å². The zero-order chi connectivity index (χ0) is 12.1. The van der Waals surface area contributed by atoms with E-state index in [-0.39, 0.29) is 17.3 Å². The van der Waals surface area contributed by atoms with Crippen molar-refractivity contribution in [2.45, 2.75) is 32.0 Å². The van der Waals surface area contributed by atoms with Crippen LogP contribution in [-0.2, 0) is 15.9 Å². The highest BCUT2D eigenvalue weighted by atomic mass is 35.5. The van der Waals surface area contributed by atoms with E-state index < -0.39 is 0 Å². The highest BCUT2D eigenvalue weighted by Gasteiger charge is 2.15. The van der Waals surface area contributed by atoms with Gasteiger partial charge in [0.1, 0.15) is 11.0 Å². The molecule has 0 N–H and O–H groups in total. The Balaban J connectivity index is 1.81. The van der Waals surface area contributed by atoms with E-state index >= 15 is 0 Å². The number of rotatable bonds is 4. The van der Waals surface area contributed by atoms with E-state index in [4.69, 9.17) is 21.1 Å². The summed E-state index contributed by atoms with van der Waals surface area (Å²) in [6, 6.07) is 1.30. The summed E-state index contributed by atoms with van der Waals surface area (Å²) in [6.45, 7) is 1.14. The number of ether oxygens (including phenoxy) is 2. The average Bonchev–Trinajstić information content (AvgIpc) is 2.34. The smallest absolute Gasteiger partial charge is 0.157 e. The molecule has 17 heavy (non-hydrogen) atoms. The van der Waals surface area contributed by atoms with E-state index in [0.717, 1.165) is 25.9 Å². The first-order chi connectivity index (χ1) is 8.27. The second-order valence-corrected chi connectivity index (χ2v) is 4.34. The van der Waals surface area contributed by atoms with Crippen molar-refractivity contribution < 1.29 is 13.9 Å². The maximum atomic E-state index is 13.4. The van der Waals surface area contributed by atoms with Gasteiger partial charge >= 0.3 is 0 Å². The van der Waals surface area contributed by atoms with Crippen LogP contribution in [0.1, 0.15) is 24.8 Å². The lowest BCUT2D eigenvalue weighted by Crippen LogP contribution is -2.23. The standard InChI is InChI=1S/C12H15ClFNO2/c13-12-9(10(14)4-6-15-12)5-8-17-11-3-1-2-7-16-11/h4,6,11H,1-3,5,7-8H2. The molecule has 94 valence electrons. The number of nitrogens with zero attached hydrogens (tertiary/aromatic N) is 1. The quantitative estimate of drug-likeness (QED) is 0.779. The lowest BCUT2D eigenvalue weighted by Gasteiger charge is -2.22. The molecule has 0 saturated carbocycles. The largest absolute Gasteiger partial charge is 0.353 e. The molecule has 3 nitrogen and oxygen atoms in total. The molecular formula is C12H15ClFNO2. The van der Waals surface area contributed by atoms with Gasteiger partial charge in [-0.3, -0.25) is 0 Å². The van der Waals surface area contributed by atoms with E-state index in [1.807, 2.05) is 0 Å². The van der Waals surface area contributed by atoms with E-state index in [9.17, 15) is 4.39 Å². The summed E-state index contributed by atoms with van der Waals surface area (Å²) in [4.78, 5) is 3.84. The van der Waals surface area contributed by atoms with Crippen LogP contribution in [0.5, 0.6) is 0 Å². The Morgan fingerprint density at radius 2 is 2.41 bits per heavy atom. The molecule has 1 saturated heterocycles. The summed E-state index contributed by atoms with van der Waals surface area (Å²) < 4.78 is 24.3. The van der Waals surface area contributed by atoms with Crippen molar-refractivity contribution in [3.8, 4) is 0 Å². The molecule has 2 heterocycles. The lowest BCUT2D eigenvalue weighted by atomic mass is 10.2. The van der Waals surface area contributed by atoms with E-state index in [0.29, 0.717) is 18.6 Å². The van der Waals surface area contributed by atoms with Crippen molar-refractivity contribution in [3.05, 3.63) is 28.8 Å². The van der Waals surface area contributed by atoms with Crippen LogP contribution in [0.15, 0.2) is 12.3 Å². The Labute approximate surface area is 105 Å². The van der Waals surface area contributed by atoms with Gasteiger partial charge in [-0.05, 0) is 25.3 Å². The zero-order valence-corrected chi connectivity index (χ0v) is 10.3. The molecule has 1 fully saturated rings. The molecule has 1 aromatic heterocycles. The fraction of sp³-hybridized carbons (Fsp3) is 0.583. The Kier molecular flexibility index (Phi) is 4.71. The lowest BCUT2D eigenvalue weighted by molar-refractivity contribution is -0.161. The third kappa shape index (κ3) is 3.63. The predicted molar refractivity (Wildman–Crippen MR) is 62.5 cm³/mol. The van der Waals surface area contributed by atoms with Gasteiger partial charge in [0, 0.05) is 24.8 Å². The van der Waals surface area contributed by atoms with E-state index in [1.165, 1.54) is 12.3 Å². The van der Waals surface area contributed by atoms with Gasteiger partial charge in [0.25, 0.3) is 0 Å². The first-order valence-electron chi connectivity index (χ1n) is 5.79. The van der Waals surface area contributed by atoms with Crippen molar-refractivity contribution in [1.29, 1.82) is 0 Å². The van der Waals surface area contributed by atoms with Crippen molar-refractivity contribution in [2.75, 3.05) is 13.2 Å². The fourth-order valence-electron chi connectivity index (χ4n) is 1.80. The van der Waals surface area contributed by atoms with E-state index in [2.05, 4.69) is 4.98 Å². The minimum Gasteiger partial charge on any atom is -0.353 e. The van der Waals surface area contributed by atoms with Crippen LogP contribution in [0.3, 0.4) is 0 Å². The van der Waals surface area contributed by atoms with Crippen molar-refractivity contribution in [2.24, 2.45) is 0 Å². The minimum atomic E-state index is -0.335. The second-order valence-electron chi connectivity index (χ2n) is 3.98. The highest BCUT2D eigenvalue weighted by Crippen LogP contribution is 2.18. The summed E-state index contributed by atoms with van der Waals surface area (Å²) in [5.41, 5.74) is 0.407. The molecule has 0 bridgehead atoms. The molecule has 1 atom stereocenters. The molecule has 0 amide bonds. The second kappa shape index (κ2) is 6.28. The topological polar surface area (TPSA) is 31.4 Å². The third-order valence-corrected chi connectivity index (χ3v) is 3.07. The maximum absolute atomic E-state index is 13.4. The first kappa shape index (κ1) is 12.7. The molecule has 1 aliphatic rings. The van der Waals surface area contributed by atoms with Crippen LogP contribution in [0, 0.1) is 5.82 Å². The zero-order valence-electron chi connectivity index (χ0n) is 9.49. The molecule has 5 heteroatoms. The highest BCUT2D eigenvalue weighted by molar-refractivity contribution is 6.30. The number of aromatic nitrogens is 1. The van der Waals surface area contributed by atoms with Crippen LogP contribution in [0.2, 0.25) is 5.15 Å².